The molecule has 0 aromatic carbocycles. The van der Waals surface area contributed by atoms with Crippen LogP contribution in [-0.4, -0.2) is 11.9 Å². The van der Waals surface area contributed by atoms with E-state index in [0.717, 1.165) is 18.2 Å². The Bertz CT molecular complexity index is 194. The average molecular weight is 168 g/mol. The van der Waals surface area contributed by atoms with Gasteiger partial charge >= 0.3 is 0 Å². The topological polar surface area (TPSA) is 38.4 Å². The van der Waals surface area contributed by atoms with Crippen molar-refractivity contribution < 1.29 is 0 Å². The van der Waals surface area contributed by atoms with Crippen LogP contribution in [0.4, 0.5) is 0 Å². The maximum atomic E-state index is 5.68. The summed E-state index contributed by atoms with van der Waals surface area (Å²) in [6.07, 6.45) is 2.17. The number of aliphatic imine (C=N–C) groups is 1. The summed E-state index contributed by atoms with van der Waals surface area (Å²) >= 11 is 0. The van der Waals surface area contributed by atoms with Crippen LogP contribution in [0.1, 0.15) is 40.5 Å². The Labute approximate surface area is 75.3 Å². The van der Waals surface area contributed by atoms with Crippen LogP contribution < -0.4 is 5.73 Å². The second-order valence-corrected chi connectivity index (χ2v) is 4.51. The summed E-state index contributed by atoms with van der Waals surface area (Å²) in [5, 5.41) is 0. The summed E-state index contributed by atoms with van der Waals surface area (Å²) < 4.78 is 0. The molecule has 0 heterocycles. The minimum absolute atomic E-state index is 0.417. The normalized spacial score (nSPS) is 30.0. The number of nitrogens with zero attached hydrogens (tertiary/aromatic N) is 1. The lowest BCUT2D eigenvalue weighted by Crippen LogP contribution is -2.16. The van der Waals surface area contributed by atoms with Gasteiger partial charge in [0, 0.05) is 6.42 Å². The van der Waals surface area contributed by atoms with Crippen LogP contribution in [0, 0.1) is 11.3 Å². The molecule has 1 fully saturated rings. The van der Waals surface area contributed by atoms with Crippen molar-refractivity contribution in [3.05, 3.63) is 0 Å². The molecule has 0 amide bonds. The molecule has 70 valence electrons. The maximum Gasteiger partial charge on any atom is 0.0937 e. The molecule has 1 rings (SSSR count). The SMILES string of the molecule is CCC(N)=NC(C)C1CC1(C)C. The van der Waals surface area contributed by atoms with E-state index >= 15 is 0 Å². The monoisotopic (exact) mass is 168 g/mol. The Morgan fingerprint density at radius 2 is 2.17 bits per heavy atom. The molecule has 2 nitrogen and oxygen atoms in total. The van der Waals surface area contributed by atoms with Gasteiger partial charge in [0.15, 0.2) is 0 Å². The zero-order chi connectivity index (χ0) is 9.35. The van der Waals surface area contributed by atoms with Crippen LogP contribution in [0.5, 0.6) is 0 Å². The van der Waals surface area contributed by atoms with E-state index in [1.807, 2.05) is 6.92 Å². The molecule has 1 saturated carbocycles. The quantitative estimate of drug-likeness (QED) is 0.509. The van der Waals surface area contributed by atoms with Gasteiger partial charge < -0.3 is 5.73 Å². The Kier molecular flexibility index (Phi) is 2.45. The average Bonchev–Trinajstić information content (AvgIpc) is 2.59. The largest absolute Gasteiger partial charge is 0.387 e. The molecule has 2 N–H and O–H groups in total. The Balaban J connectivity index is 2.46. The van der Waals surface area contributed by atoms with Gasteiger partial charge in [-0.2, -0.15) is 0 Å². The molecule has 2 unspecified atom stereocenters. The van der Waals surface area contributed by atoms with Gasteiger partial charge in [0.2, 0.25) is 0 Å². The van der Waals surface area contributed by atoms with Crippen molar-refractivity contribution in [2.45, 2.75) is 46.6 Å². The highest BCUT2D eigenvalue weighted by Gasteiger charge is 2.48. The number of rotatable bonds is 3. The van der Waals surface area contributed by atoms with Crippen molar-refractivity contribution in [3.63, 3.8) is 0 Å². The summed E-state index contributed by atoms with van der Waals surface area (Å²) in [5.41, 5.74) is 6.19. The van der Waals surface area contributed by atoms with E-state index in [4.69, 9.17) is 5.73 Å². The Morgan fingerprint density at radius 1 is 1.67 bits per heavy atom. The predicted molar refractivity (Wildman–Crippen MR) is 53.3 cm³/mol. The minimum atomic E-state index is 0.417. The highest BCUT2D eigenvalue weighted by atomic mass is 14.9. The fourth-order valence-corrected chi connectivity index (χ4v) is 1.77. The molecule has 1 aliphatic rings. The van der Waals surface area contributed by atoms with Gasteiger partial charge in [0.05, 0.1) is 11.9 Å². The molecule has 0 aliphatic heterocycles. The van der Waals surface area contributed by atoms with Gasteiger partial charge in [-0.3, -0.25) is 4.99 Å². The summed E-state index contributed by atoms with van der Waals surface area (Å²) in [6.45, 7) is 8.81. The first-order chi connectivity index (χ1) is 5.47. The number of amidine groups is 1. The lowest BCUT2D eigenvalue weighted by atomic mass is 10.1. The summed E-state index contributed by atoms with van der Waals surface area (Å²) in [5.74, 6) is 1.55. The van der Waals surface area contributed by atoms with Crippen molar-refractivity contribution in [2.24, 2.45) is 22.1 Å². The third-order valence-electron chi connectivity index (χ3n) is 2.90. The first-order valence-electron chi connectivity index (χ1n) is 4.79. The van der Waals surface area contributed by atoms with Crippen molar-refractivity contribution in [1.29, 1.82) is 0 Å². The van der Waals surface area contributed by atoms with Gasteiger partial charge in [-0.25, -0.2) is 0 Å². The minimum Gasteiger partial charge on any atom is -0.387 e. The van der Waals surface area contributed by atoms with Crippen LogP contribution in [0.25, 0.3) is 0 Å². The molecule has 0 aromatic heterocycles. The first-order valence-corrected chi connectivity index (χ1v) is 4.79. The molecule has 12 heavy (non-hydrogen) atoms. The molecule has 0 radical (unpaired) electrons. The Morgan fingerprint density at radius 3 is 2.50 bits per heavy atom. The molecule has 0 spiro atoms. The lowest BCUT2D eigenvalue weighted by Gasteiger charge is -2.09. The second kappa shape index (κ2) is 3.08. The molecule has 1 aliphatic carbocycles. The molecular weight excluding hydrogens is 148 g/mol. The van der Waals surface area contributed by atoms with E-state index < -0.39 is 0 Å². The molecule has 0 aromatic rings. The number of hydrogen-bond acceptors (Lipinski definition) is 1. The van der Waals surface area contributed by atoms with E-state index in [0.29, 0.717) is 11.5 Å². The molecule has 0 bridgehead atoms. The predicted octanol–water partition coefficient (Wildman–Crippen LogP) is 2.19. The van der Waals surface area contributed by atoms with Gasteiger partial charge in [-0.1, -0.05) is 20.8 Å². The van der Waals surface area contributed by atoms with Crippen LogP contribution in [-0.2, 0) is 0 Å². The van der Waals surface area contributed by atoms with E-state index in [9.17, 15) is 0 Å². The van der Waals surface area contributed by atoms with Gasteiger partial charge in [-0.05, 0) is 24.7 Å². The van der Waals surface area contributed by atoms with Crippen molar-refractivity contribution in [1.82, 2.24) is 0 Å². The maximum absolute atomic E-state index is 5.68. The van der Waals surface area contributed by atoms with E-state index in [-0.39, 0.29) is 0 Å². The standard InChI is InChI=1S/C10H20N2/c1-5-9(11)12-7(2)8-6-10(8,3)4/h7-8H,5-6H2,1-4H3,(H2,11,12). The van der Waals surface area contributed by atoms with Gasteiger partial charge in [0.1, 0.15) is 0 Å². The zero-order valence-corrected chi connectivity index (χ0v) is 8.59. The fraction of sp³-hybridized carbons (Fsp3) is 0.900. The Hall–Kier alpha value is -0.530. The fourth-order valence-electron chi connectivity index (χ4n) is 1.77. The van der Waals surface area contributed by atoms with Crippen molar-refractivity contribution >= 4 is 5.84 Å². The van der Waals surface area contributed by atoms with Crippen molar-refractivity contribution in [2.75, 3.05) is 0 Å². The third kappa shape index (κ3) is 1.99. The van der Waals surface area contributed by atoms with Crippen LogP contribution in [0.15, 0.2) is 4.99 Å². The molecule has 0 saturated heterocycles. The summed E-state index contributed by atoms with van der Waals surface area (Å²) in [6, 6.07) is 0.417. The van der Waals surface area contributed by atoms with Crippen LogP contribution >= 0.6 is 0 Å². The van der Waals surface area contributed by atoms with Crippen LogP contribution in [0.2, 0.25) is 0 Å². The zero-order valence-electron chi connectivity index (χ0n) is 8.59. The highest BCUT2D eigenvalue weighted by molar-refractivity contribution is 5.80. The number of hydrogen-bond donors (Lipinski definition) is 1. The van der Waals surface area contributed by atoms with E-state index in [1.54, 1.807) is 0 Å². The van der Waals surface area contributed by atoms with Gasteiger partial charge in [-0.15, -0.1) is 0 Å². The van der Waals surface area contributed by atoms with Crippen molar-refractivity contribution in [3.8, 4) is 0 Å². The number of nitrogens with two attached hydrogens (primary N) is 1. The smallest absolute Gasteiger partial charge is 0.0937 e. The van der Waals surface area contributed by atoms with Gasteiger partial charge in [0.25, 0.3) is 0 Å². The lowest BCUT2D eigenvalue weighted by molar-refractivity contribution is 0.502. The van der Waals surface area contributed by atoms with Crippen LogP contribution in [0.3, 0.4) is 0 Å². The molecular formula is C10H20N2. The first kappa shape index (κ1) is 9.56. The summed E-state index contributed by atoms with van der Waals surface area (Å²) in [7, 11) is 0. The third-order valence-corrected chi connectivity index (χ3v) is 2.90. The van der Waals surface area contributed by atoms with E-state index in [2.05, 4.69) is 25.8 Å². The molecule has 2 heteroatoms. The molecule has 2 atom stereocenters. The second-order valence-electron chi connectivity index (χ2n) is 4.51. The summed E-state index contributed by atoms with van der Waals surface area (Å²) in [4.78, 5) is 4.45. The van der Waals surface area contributed by atoms with E-state index in [1.165, 1.54) is 6.42 Å². The highest BCUT2D eigenvalue weighted by Crippen LogP contribution is 2.54.